The van der Waals surface area contributed by atoms with Crippen molar-refractivity contribution >= 4 is 27.5 Å². The minimum Gasteiger partial charge on any atom is -0.439 e. The van der Waals surface area contributed by atoms with E-state index >= 15 is 0 Å². The molecule has 1 heterocycles. The molecular weight excluding hydrogens is 328 g/mol. The monoisotopic (exact) mass is 342 g/mol. The van der Waals surface area contributed by atoms with Crippen LogP contribution >= 0.6 is 27.5 Å². The van der Waals surface area contributed by atoms with Crippen LogP contribution in [0, 0.1) is 0 Å². The highest BCUT2D eigenvalue weighted by Crippen LogP contribution is 2.29. The third-order valence-electron chi connectivity index (χ3n) is 2.80. The van der Waals surface area contributed by atoms with Gasteiger partial charge in [-0.05, 0) is 54.0 Å². The first-order valence-corrected chi connectivity index (χ1v) is 7.43. The van der Waals surface area contributed by atoms with E-state index in [1.807, 2.05) is 25.1 Å². The predicted molar refractivity (Wildman–Crippen MR) is 81.4 cm³/mol. The fraction of sp³-hybridized carbons (Fsp3) is 0.357. The summed E-state index contributed by atoms with van der Waals surface area (Å²) in [4.78, 5) is 4.31. The van der Waals surface area contributed by atoms with Gasteiger partial charge in [0.25, 0.3) is 0 Å². The Bertz CT molecular complexity index is 556. The third-order valence-corrected chi connectivity index (χ3v) is 4.03. The highest BCUT2D eigenvalue weighted by molar-refractivity contribution is 9.10. The van der Waals surface area contributed by atoms with E-state index in [1.54, 1.807) is 6.20 Å². The van der Waals surface area contributed by atoms with Crippen LogP contribution in [-0.4, -0.2) is 11.5 Å². The van der Waals surface area contributed by atoms with Gasteiger partial charge in [0.1, 0.15) is 0 Å². The van der Waals surface area contributed by atoms with E-state index < -0.39 is 0 Å². The number of aromatic nitrogens is 1. The van der Waals surface area contributed by atoms with Crippen LogP contribution in [-0.2, 0) is 0 Å². The molecule has 0 bridgehead atoms. The summed E-state index contributed by atoms with van der Waals surface area (Å²) in [7, 11) is 0. The Morgan fingerprint density at radius 1 is 1.47 bits per heavy atom. The molecule has 0 aliphatic rings. The smallest absolute Gasteiger partial charge is 0.211 e. The third kappa shape index (κ3) is 3.59. The highest BCUT2D eigenvalue weighted by atomic mass is 79.9. The lowest BCUT2D eigenvalue weighted by molar-refractivity contribution is 0.423. The predicted octanol–water partition coefficient (Wildman–Crippen LogP) is 4.82. The summed E-state index contributed by atoms with van der Waals surface area (Å²) in [6.07, 6.45) is 2.82. The van der Waals surface area contributed by atoms with Crippen molar-refractivity contribution in [2.24, 2.45) is 0 Å². The van der Waals surface area contributed by atoms with Crippen molar-refractivity contribution in [3.05, 3.63) is 39.8 Å². The summed E-state index contributed by atoms with van der Waals surface area (Å²) in [6, 6.07) is 5.82. The number of nitrogens with zero attached hydrogens (tertiary/aromatic N) is 1. The molecule has 0 saturated heterocycles. The maximum atomic E-state index is 6.08. The van der Waals surface area contributed by atoms with E-state index in [4.69, 9.17) is 16.0 Å². The molecule has 0 spiro atoms. The maximum Gasteiger partial charge on any atom is 0.211 e. The second-order valence-electron chi connectivity index (χ2n) is 4.37. The fourth-order valence-corrected chi connectivity index (χ4v) is 2.15. The van der Waals surface area contributed by atoms with Crippen molar-refractivity contribution in [3.8, 4) is 11.3 Å². The molecule has 0 aliphatic heterocycles. The molecule has 0 amide bonds. The number of rotatable bonds is 5. The molecule has 0 fully saturated rings. The molecule has 2 rings (SSSR count). The summed E-state index contributed by atoms with van der Waals surface area (Å²) < 4.78 is 6.65. The van der Waals surface area contributed by atoms with Crippen molar-refractivity contribution in [2.45, 2.75) is 26.3 Å². The Labute approximate surface area is 126 Å². The molecule has 5 heteroatoms. The van der Waals surface area contributed by atoms with Gasteiger partial charge in [0.05, 0.1) is 17.3 Å². The van der Waals surface area contributed by atoms with Crippen LogP contribution in [0.15, 0.2) is 33.3 Å². The van der Waals surface area contributed by atoms with Gasteiger partial charge in [0, 0.05) is 10.0 Å². The molecule has 102 valence electrons. The van der Waals surface area contributed by atoms with E-state index in [-0.39, 0.29) is 6.04 Å². The van der Waals surface area contributed by atoms with Crippen molar-refractivity contribution < 1.29 is 4.42 Å². The topological polar surface area (TPSA) is 38.1 Å². The second kappa shape index (κ2) is 6.55. The van der Waals surface area contributed by atoms with Gasteiger partial charge in [0.15, 0.2) is 5.76 Å². The summed E-state index contributed by atoms with van der Waals surface area (Å²) in [5, 5.41) is 4.00. The average Bonchev–Trinajstić information content (AvgIpc) is 2.89. The van der Waals surface area contributed by atoms with Crippen LogP contribution in [0.3, 0.4) is 0 Å². The van der Waals surface area contributed by atoms with Gasteiger partial charge in [-0.25, -0.2) is 4.98 Å². The quantitative estimate of drug-likeness (QED) is 0.846. The van der Waals surface area contributed by atoms with Gasteiger partial charge in [-0.1, -0.05) is 18.5 Å². The number of halogens is 2. The largest absolute Gasteiger partial charge is 0.439 e. The van der Waals surface area contributed by atoms with Crippen LogP contribution in [0.1, 0.15) is 32.2 Å². The van der Waals surface area contributed by atoms with E-state index in [2.05, 4.69) is 33.2 Å². The summed E-state index contributed by atoms with van der Waals surface area (Å²) >= 11 is 9.45. The molecule has 19 heavy (non-hydrogen) atoms. The van der Waals surface area contributed by atoms with E-state index in [1.165, 1.54) is 0 Å². The number of oxazole rings is 1. The van der Waals surface area contributed by atoms with Crippen molar-refractivity contribution in [3.63, 3.8) is 0 Å². The van der Waals surface area contributed by atoms with Gasteiger partial charge in [0.2, 0.25) is 5.89 Å². The van der Waals surface area contributed by atoms with Gasteiger partial charge >= 0.3 is 0 Å². The molecule has 0 radical (unpaired) electrons. The highest BCUT2D eigenvalue weighted by Gasteiger charge is 2.13. The number of hydrogen-bond donors (Lipinski definition) is 1. The van der Waals surface area contributed by atoms with E-state index in [9.17, 15) is 0 Å². The number of hydrogen-bond acceptors (Lipinski definition) is 3. The molecule has 1 aromatic carbocycles. The molecule has 0 aliphatic carbocycles. The van der Waals surface area contributed by atoms with Gasteiger partial charge in [-0.15, -0.1) is 0 Å². The van der Waals surface area contributed by atoms with Crippen LogP contribution < -0.4 is 5.32 Å². The molecular formula is C14H16BrClN2O. The lowest BCUT2D eigenvalue weighted by Gasteiger charge is -2.08. The van der Waals surface area contributed by atoms with Crippen molar-refractivity contribution in [1.29, 1.82) is 0 Å². The zero-order valence-electron chi connectivity index (χ0n) is 10.9. The van der Waals surface area contributed by atoms with Crippen LogP contribution in [0.25, 0.3) is 11.3 Å². The Hall–Kier alpha value is -0.840. The first-order valence-electron chi connectivity index (χ1n) is 6.26. The molecule has 1 aromatic heterocycles. The Morgan fingerprint density at radius 3 is 2.95 bits per heavy atom. The summed E-state index contributed by atoms with van der Waals surface area (Å²) in [6.45, 7) is 5.12. The maximum absolute atomic E-state index is 6.08. The summed E-state index contributed by atoms with van der Waals surface area (Å²) in [5.41, 5.74) is 0.926. The van der Waals surface area contributed by atoms with Crippen LogP contribution in [0.4, 0.5) is 0 Å². The van der Waals surface area contributed by atoms with Gasteiger partial charge < -0.3 is 9.73 Å². The first kappa shape index (κ1) is 14.6. The molecule has 0 saturated carbocycles. The average molecular weight is 344 g/mol. The standard InChI is InChI=1S/C14H16BrClN2O/c1-3-6-17-9(2)14-18-8-13(19-14)10-4-5-11(15)12(16)7-10/h4-5,7-9,17H,3,6H2,1-2H3. The van der Waals surface area contributed by atoms with Gasteiger partial charge in [-0.2, -0.15) is 0 Å². The zero-order valence-corrected chi connectivity index (χ0v) is 13.3. The normalized spacial score (nSPS) is 12.6. The first-order chi connectivity index (χ1) is 9.11. The lowest BCUT2D eigenvalue weighted by Crippen LogP contribution is -2.19. The SMILES string of the molecule is CCCNC(C)c1ncc(-c2ccc(Br)c(Cl)c2)o1. The fourth-order valence-electron chi connectivity index (χ4n) is 1.72. The second-order valence-corrected chi connectivity index (χ2v) is 5.63. The van der Waals surface area contributed by atoms with Crippen molar-refractivity contribution in [2.75, 3.05) is 6.54 Å². The van der Waals surface area contributed by atoms with Crippen molar-refractivity contribution in [1.82, 2.24) is 10.3 Å². The number of nitrogens with one attached hydrogen (secondary N) is 1. The minimum absolute atomic E-state index is 0.111. The van der Waals surface area contributed by atoms with Gasteiger partial charge in [-0.3, -0.25) is 0 Å². The molecule has 3 nitrogen and oxygen atoms in total. The zero-order chi connectivity index (χ0) is 13.8. The van der Waals surface area contributed by atoms with Crippen LogP contribution in [0.5, 0.6) is 0 Å². The molecule has 2 aromatic rings. The Kier molecular flexibility index (Phi) is 5.02. The van der Waals surface area contributed by atoms with Crippen LogP contribution in [0.2, 0.25) is 5.02 Å². The Balaban J connectivity index is 2.18. The lowest BCUT2D eigenvalue weighted by atomic mass is 10.2. The molecule has 1 atom stereocenters. The molecule has 1 N–H and O–H groups in total. The van der Waals surface area contributed by atoms with E-state index in [0.29, 0.717) is 10.9 Å². The number of benzene rings is 1. The molecule has 1 unspecified atom stereocenters. The minimum atomic E-state index is 0.111. The summed E-state index contributed by atoms with van der Waals surface area (Å²) in [5.74, 6) is 1.43. The van der Waals surface area contributed by atoms with E-state index in [0.717, 1.165) is 28.8 Å². The Morgan fingerprint density at radius 2 is 2.26 bits per heavy atom.